The second-order valence-electron chi connectivity index (χ2n) is 5.33. The number of likely N-dealkylation sites (N-methyl/N-ethyl adjacent to an activating group) is 1. The van der Waals surface area contributed by atoms with Gasteiger partial charge in [0.15, 0.2) is 0 Å². The Morgan fingerprint density at radius 3 is 2.35 bits per heavy atom. The normalized spacial score (nSPS) is 20.9. The maximum Gasteiger partial charge on any atom is 0.239 e. The minimum atomic E-state index is -0.318. The number of hydrogen-bond donors (Lipinski definition) is 1. The molecule has 0 spiro atoms. The molecule has 1 aliphatic rings. The second kappa shape index (κ2) is 7.00. The lowest BCUT2D eigenvalue weighted by Crippen LogP contribution is -2.51. The number of nitrogens with two attached hydrogens (primary N) is 1. The maximum absolute atomic E-state index is 12.4. The second-order valence-corrected chi connectivity index (χ2v) is 5.33. The molecule has 1 saturated carbocycles. The van der Waals surface area contributed by atoms with Crippen LogP contribution in [-0.4, -0.2) is 29.4 Å². The summed E-state index contributed by atoms with van der Waals surface area (Å²) in [6, 6.07) is 0.123. The summed E-state index contributed by atoms with van der Waals surface area (Å²) in [5, 5.41) is 0. The van der Waals surface area contributed by atoms with Crippen LogP contribution < -0.4 is 5.73 Å². The molecule has 0 radical (unpaired) electrons. The quantitative estimate of drug-likeness (QED) is 0.802. The Hall–Kier alpha value is -0.570. The lowest BCUT2D eigenvalue weighted by atomic mass is 9.92. The number of amides is 1. The van der Waals surface area contributed by atoms with E-state index in [1.807, 2.05) is 4.90 Å². The lowest BCUT2D eigenvalue weighted by molar-refractivity contribution is -0.136. The fraction of sp³-hybridized carbons (Fsp3) is 0.929. The number of carbonyl (C=O) groups excluding carboxylic acids is 1. The third-order valence-corrected chi connectivity index (χ3v) is 4.18. The first-order valence-corrected chi connectivity index (χ1v) is 7.17. The first-order chi connectivity index (χ1) is 8.11. The van der Waals surface area contributed by atoms with Gasteiger partial charge in [-0.2, -0.15) is 0 Å². The van der Waals surface area contributed by atoms with Gasteiger partial charge in [0.05, 0.1) is 6.04 Å². The highest BCUT2D eigenvalue weighted by molar-refractivity contribution is 5.82. The summed E-state index contributed by atoms with van der Waals surface area (Å²) in [6.45, 7) is 7.02. The van der Waals surface area contributed by atoms with Gasteiger partial charge in [0.1, 0.15) is 0 Å². The molecule has 0 aromatic rings. The topological polar surface area (TPSA) is 46.3 Å². The van der Waals surface area contributed by atoms with E-state index in [1.165, 1.54) is 19.3 Å². The molecule has 1 fully saturated rings. The molecule has 0 saturated heterocycles. The summed E-state index contributed by atoms with van der Waals surface area (Å²) < 4.78 is 0. The van der Waals surface area contributed by atoms with Crippen molar-refractivity contribution in [1.29, 1.82) is 0 Å². The monoisotopic (exact) mass is 240 g/mol. The predicted molar refractivity (Wildman–Crippen MR) is 71.7 cm³/mol. The molecule has 0 aromatic carbocycles. The van der Waals surface area contributed by atoms with Crippen molar-refractivity contribution in [1.82, 2.24) is 4.90 Å². The zero-order chi connectivity index (χ0) is 12.8. The molecule has 1 rings (SSSR count). The van der Waals surface area contributed by atoms with Crippen molar-refractivity contribution < 1.29 is 4.79 Å². The molecule has 2 unspecified atom stereocenters. The van der Waals surface area contributed by atoms with Crippen molar-refractivity contribution in [2.75, 3.05) is 6.54 Å². The first kappa shape index (κ1) is 14.5. The van der Waals surface area contributed by atoms with Gasteiger partial charge in [-0.3, -0.25) is 4.79 Å². The first-order valence-electron chi connectivity index (χ1n) is 7.17. The van der Waals surface area contributed by atoms with Gasteiger partial charge >= 0.3 is 0 Å². The number of nitrogens with zero attached hydrogens (tertiary/aromatic N) is 1. The van der Waals surface area contributed by atoms with Crippen molar-refractivity contribution >= 4 is 5.91 Å². The Morgan fingerprint density at radius 2 is 1.88 bits per heavy atom. The van der Waals surface area contributed by atoms with Gasteiger partial charge in [0, 0.05) is 12.6 Å². The van der Waals surface area contributed by atoms with Crippen LogP contribution in [0.25, 0.3) is 0 Å². The van der Waals surface area contributed by atoms with Crippen LogP contribution >= 0.6 is 0 Å². The van der Waals surface area contributed by atoms with Crippen LogP contribution in [0.15, 0.2) is 0 Å². The third-order valence-electron chi connectivity index (χ3n) is 4.18. The van der Waals surface area contributed by atoms with Gasteiger partial charge in [-0.25, -0.2) is 0 Å². The largest absolute Gasteiger partial charge is 0.339 e. The molecule has 3 nitrogen and oxygen atoms in total. The van der Waals surface area contributed by atoms with E-state index >= 15 is 0 Å². The van der Waals surface area contributed by atoms with Gasteiger partial charge in [-0.1, -0.05) is 39.5 Å². The molecule has 1 aliphatic carbocycles. The van der Waals surface area contributed by atoms with E-state index < -0.39 is 0 Å². The van der Waals surface area contributed by atoms with Crippen LogP contribution in [0.3, 0.4) is 0 Å². The average molecular weight is 240 g/mol. The molecule has 0 heterocycles. The van der Waals surface area contributed by atoms with E-state index in [1.54, 1.807) is 0 Å². The summed E-state index contributed by atoms with van der Waals surface area (Å²) in [5.74, 6) is 0.439. The third kappa shape index (κ3) is 3.70. The standard InChI is InChI=1S/C14H28N2O/c1-4-11(3)13(15)14(17)16(5-2)12-9-7-6-8-10-12/h11-13H,4-10,15H2,1-3H3. The molecule has 17 heavy (non-hydrogen) atoms. The van der Waals surface area contributed by atoms with Crippen molar-refractivity contribution in [2.24, 2.45) is 11.7 Å². The van der Waals surface area contributed by atoms with Crippen LogP contribution in [0.4, 0.5) is 0 Å². The molecule has 0 bridgehead atoms. The summed E-state index contributed by atoms with van der Waals surface area (Å²) >= 11 is 0. The van der Waals surface area contributed by atoms with E-state index in [2.05, 4.69) is 20.8 Å². The molecular weight excluding hydrogens is 212 g/mol. The number of hydrogen-bond acceptors (Lipinski definition) is 2. The van der Waals surface area contributed by atoms with Crippen molar-refractivity contribution in [2.45, 2.75) is 71.4 Å². The van der Waals surface area contributed by atoms with Crippen LogP contribution in [0, 0.1) is 5.92 Å². The summed E-state index contributed by atoms with van der Waals surface area (Å²) in [5.41, 5.74) is 6.06. The highest BCUT2D eigenvalue weighted by Crippen LogP contribution is 2.23. The predicted octanol–water partition coefficient (Wildman–Crippen LogP) is 2.54. The fourth-order valence-electron chi connectivity index (χ4n) is 2.68. The Balaban J connectivity index is 2.62. The van der Waals surface area contributed by atoms with Crippen LogP contribution in [0.2, 0.25) is 0 Å². The zero-order valence-corrected chi connectivity index (χ0v) is 11.6. The minimum Gasteiger partial charge on any atom is -0.339 e. The maximum atomic E-state index is 12.4. The van der Waals surface area contributed by atoms with Crippen LogP contribution in [0.1, 0.15) is 59.3 Å². The van der Waals surface area contributed by atoms with E-state index in [0.717, 1.165) is 25.8 Å². The molecule has 2 N–H and O–H groups in total. The number of carbonyl (C=O) groups is 1. The van der Waals surface area contributed by atoms with Gasteiger partial charge in [-0.15, -0.1) is 0 Å². The Morgan fingerprint density at radius 1 is 1.29 bits per heavy atom. The van der Waals surface area contributed by atoms with Crippen LogP contribution in [0.5, 0.6) is 0 Å². The SMILES string of the molecule is CCC(C)C(N)C(=O)N(CC)C1CCCCC1. The summed E-state index contributed by atoms with van der Waals surface area (Å²) in [4.78, 5) is 14.4. The Kier molecular flexibility index (Phi) is 5.96. The molecule has 100 valence electrons. The smallest absolute Gasteiger partial charge is 0.239 e. The summed E-state index contributed by atoms with van der Waals surface area (Å²) in [7, 11) is 0. The Bertz CT molecular complexity index is 236. The molecule has 1 amide bonds. The van der Waals surface area contributed by atoms with E-state index in [4.69, 9.17) is 5.73 Å². The molecule has 2 atom stereocenters. The number of rotatable bonds is 5. The van der Waals surface area contributed by atoms with E-state index in [0.29, 0.717) is 6.04 Å². The summed E-state index contributed by atoms with van der Waals surface area (Å²) in [6.07, 6.45) is 7.12. The average Bonchev–Trinajstić information content (AvgIpc) is 2.38. The van der Waals surface area contributed by atoms with Crippen molar-refractivity contribution in [3.05, 3.63) is 0 Å². The molecule has 0 aliphatic heterocycles. The highest BCUT2D eigenvalue weighted by Gasteiger charge is 2.29. The highest BCUT2D eigenvalue weighted by atomic mass is 16.2. The molecule has 3 heteroatoms. The van der Waals surface area contributed by atoms with Gasteiger partial charge in [0.25, 0.3) is 0 Å². The molecule has 0 aromatic heterocycles. The van der Waals surface area contributed by atoms with Gasteiger partial charge in [0.2, 0.25) is 5.91 Å². The van der Waals surface area contributed by atoms with E-state index in [-0.39, 0.29) is 17.9 Å². The van der Waals surface area contributed by atoms with Gasteiger partial charge < -0.3 is 10.6 Å². The molecular formula is C14H28N2O. The van der Waals surface area contributed by atoms with Crippen molar-refractivity contribution in [3.8, 4) is 0 Å². The van der Waals surface area contributed by atoms with E-state index in [9.17, 15) is 4.79 Å². The van der Waals surface area contributed by atoms with Crippen molar-refractivity contribution in [3.63, 3.8) is 0 Å². The van der Waals surface area contributed by atoms with Gasteiger partial charge in [-0.05, 0) is 25.7 Å². The lowest BCUT2D eigenvalue weighted by Gasteiger charge is -2.36. The minimum absolute atomic E-state index is 0.161. The fourth-order valence-corrected chi connectivity index (χ4v) is 2.68. The zero-order valence-electron chi connectivity index (χ0n) is 11.6. The van der Waals surface area contributed by atoms with Crippen LogP contribution in [-0.2, 0) is 4.79 Å². The Labute approximate surface area is 106 Å².